The third kappa shape index (κ3) is 7.05. The Morgan fingerprint density at radius 3 is 1.68 bits per heavy atom. The van der Waals surface area contributed by atoms with Gasteiger partial charge in [0.25, 0.3) is 0 Å². The highest BCUT2D eigenvalue weighted by Gasteiger charge is 2.61. The standard InChI is InChI=1S/C47H77N.C4H11N/c1-8-9-10-32-19-23-44(4)33(28-32)11-13-36-40-17-15-38(46(40,6)25-21-42(36)44)30(2)27-31(3)39-16-18-41-37-14-12-34-29-35(48)20-24-45(34,5)43(37)22-26-47(39,41)7;1-3-4-5-2/h11-12,30-32,35-43H,8-10,13-29,48H2,1-7H3;5H,3-4H2,1-2H3/t30-,31-,32+,35+,36+,37+,38?,39?,40+,41+,42?,43?,44?,45?,46?,47?;/m1./s1. The molecule has 8 rings (SSSR count). The van der Waals surface area contributed by atoms with Crippen molar-refractivity contribution in [3.63, 3.8) is 0 Å². The summed E-state index contributed by atoms with van der Waals surface area (Å²) in [4.78, 5) is 0. The van der Waals surface area contributed by atoms with Gasteiger partial charge in [-0.25, -0.2) is 0 Å². The first kappa shape index (κ1) is 40.6. The first-order valence-corrected chi connectivity index (χ1v) is 24.1. The summed E-state index contributed by atoms with van der Waals surface area (Å²) in [6, 6.07) is 0.414. The molecule has 0 aromatic rings. The molecule has 0 aliphatic heterocycles. The predicted molar refractivity (Wildman–Crippen MR) is 229 cm³/mol. The minimum atomic E-state index is 0.414. The van der Waals surface area contributed by atoms with E-state index in [1.807, 2.05) is 12.6 Å². The minimum absolute atomic E-state index is 0.414. The second-order valence-electron chi connectivity index (χ2n) is 22.5. The zero-order valence-electron chi connectivity index (χ0n) is 36.7. The molecule has 6 saturated carbocycles. The number of hydrogen-bond acceptors (Lipinski definition) is 2. The first-order chi connectivity index (χ1) is 25.3. The summed E-state index contributed by atoms with van der Waals surface area (Å²) in [5.41, 5.74) is 12.3. The van der Waals surface area contributed by atoms with Crippen LogP contribution in [0.5, 0.6) is 0 Å². The van der Waals surface area contributed by atoms with Crippen LogP contribution in [0.4, 0.5) is 0 Å². The summed E-state index contributed by atoms with van der Waals surface area (Å²) in [5.74, 6) is 10.4. The topological polar surface area (TPSA) is 38.0 Å². The smallest absolute Gasteiger partial charge is 0.00766 e. The van der Waals surface area contributed by atoms with Crippen molar-refractivity contribution in [1.82, 2.24) is 5.32 Å². The van der Waals surface area contributed by atoms with E-state index in [0.717, 1.165) is 71.6 Å². The third-order valence-electron chi connectivity index (χ3n) is 20.1. The quantitative estimate of drug-likeness (QED) is 0.232. The van der Waals surface area contributed by atoms with Gasteiger partial charge in [0, 0.05) is 6.04 Å². The predicted octanol–water partition coefficient (Wildman–Crippen LogP) is 13.6. The molecule has 6 fully saturated rings. The normalized spacial score (nSPS) is 48.3. The van der Waals surface area contributed by atoms with Crippen molar-refractivity contribution in [2.24, 2.45) is 92.5 Å². The number of nitrogens with one attached hydrogen (secondary N) is 1. The van der Waals surface area contributed by atoms with Gasteiger partial charge < -0.3 is 11.1 Å². The van der Waals surface area contributed by atoms with Crippen LogP contribution in [0.15, 0.2) is 23.3 Å². The zero-order chi connectivity index (χ0) is 37.8. The highest BCUT2D eigenvalue weighted by Crippen LogP contribution is 2.70. The van der Waals surface area contributed by atoms with E-state index in [2.05, 4.69) is 72.9 Å². The van der Waals surface area contributed by atoms with E-state index < -0.39 is 0 Å². The van der Waals surface area contributed by atoms with Gasteiger partial charge >= 0.3 is 0 Å². The van der Waals surface area contributed by atoms with Gasteiger partial charge in [-0.1, -0.05) is 98.0 Å². The molecule has 53 heavy (non-hydrogen) atoms. The van der Waals surface area contributed by atoms with Crippen LogP contribution in [0.1, 0.15) is 190 Å². The minimum Gasteiger partial charge on any atom is -0.327 e. The number of hydrogen-bond donors (Lipinski definition) is 2. The van der Waals surface area contributed by atoms with Crippen molar-refractivity contribution >= 4 is 0 Å². The van der Waals surface area contributed by atoms with E-state index in [-0.39, 0.29) is 0 Å². The molecule has 8 unspecified atom stereocenters. The van der Waals surface area contributed by atoms with Gasteiger partial charge in [-0.3, -0.25) is 0 Å². The Morgan fingerprint density at radius 1 is 0.660 bits per heavy atom. The van der Waals surface area contributed by atoms with E-state index in [1.165, 1.54) is 135 Å². The van der Waals surface area contributed by atoms with Crippen molar-refractivity contribution in [1.29, 1.82) is 0 Å². The van der Waals surface area contributed by atoms with Gasteiger partial charge in [-0.2, -0.15) is 0 Å². The van der Waals surface area contributed by atoms with E-state index in [9.17, 15) is 0 Å². The summed E-state index contributed by atoms with van der Waals surface area (Å²) in [7, 11) is 1.96. The van der Waals surface area contributed by atoms with Gasteiger partial charge in [-0.15, -0.1) is 0 Å². The van der Waals surface area contributed by atoms with Crippen molar-refractivity contribution in [2.45, 2.75) is 196 Å². The van der Waals surface area contributed by atoms with Crippen molar-refractivity contribution in [3.05, 3.63) is 23.3 Å². The van der Waals surface area contributed by atoms with Gasteiger partial charge in [0.1, 0.15) is 0 Å². The fourth-order valence-corrected chi connectivity index (χ4v) is 17.3. The molecule has 0 bridgehead atoms. The lowest BCUT2D eigenvalue weighted by Crippen LogP contribution is -2.51. The lowest BCUT2D eigenvalue weighted by molar-refractivity contribution is -0.0612. The SMILES string of the molecule is CCCC[C@H]1CCC2(C)C(=CC[C@@H]3C2CCC2(C)C([C@H](C)C[C@@H](C)C4CC[C@H]5[C@@H]6CC=C7C[C@@H](N)CCC7(C)C6CCC45C)CC[C@@H]32)C1.CCCNC. The Kier molecular flexibility index (Phi) is 12.2. The molecule has 3 N–H and O–H groups in total. The van der Waals surface area contributed by atoms with E-state index >= 15 is 0 Å². The molecule has 0 radical (unpaired) electrons. The summed E-state index contributed by atoms with van der Waals surface area (Å²) in [6.07, 6.45) is 35.7. The molecule has 2 nitrogen and oxygen atoms in total. The molecular weight excluding hydrogens is 641 g/mol. The fourth-order valence-electron chi connectivity index (χ4n) is 17.3. The Hall–Kier alpha value is -0.600. The van der Waals surface area contributed by atoms with Crippen molar-refractivity contribution in [3.8, 4) is 0 Å². The summed E-state index contributed by atoms with van der Waals surface area (Å²) in [6.45, 7) is 22.1. The Bertz CT molecular complexity index is 1310. The van der Waals surface area contributed by atoms with Crippen LogP contribution in [0.2, 0.25) is 0 Å². The molecule has 0 saturated heterocycles. The number of rotatable bonds is 9. The Labute approximate surface area is 329 Å². The third-order valence-corrected chi connectivity index (χ3v) is 20.1. The number of allylic oxidation sites excluding steroid dienone is 3. The molecule has 16 atom stereocenters. The van der Waals surface area contributed by atoms with Crippen LogP contribution >= 0.6 is 0 Å². The average molecular weight is 729 g/mol. The molecular formula is C51H88N2. The number of nitrogens with two attached hydrogens (primary N) is 1. The molecule has 8 aliphatic rings. The second-order valence-corrected chi connectivity index (χ2v) is 22.5. The zero-order valence-corrected chi connectivity index (χ0v) is 36.7. The monoisotopic (exact) mass is 729 g/mol. The van der Waals surface area contributed by atoms with Gasteiger partial charge in [0.05, 0.1) is 0 Å². The summed E-state index contributed by atoms with van der Waals surface area (Å²) in [5, 5.41) is 3.02. The van der Waals surface area contributed by atoms with E-state index in [0.29, 0.717) is 27.7 Å². The summed E-state index contributed by atoms with van der Waals surface area (Å²) < 4.78 is 0. The molecule has 0 aromatic heterocycles. The van der Waals surface area contributed by atoms with Gasteiger partial charge in [0.15, 0.2) is 0 Å². The molecule has 0 spiro atoms. The Morgan fingerprint density at radius 2 is 1.19 bits per heavy atom. The van der Waals surface area contributed by atoms with Gasteiger partial charge in [0.2, 0.25) is 0 Å². The highest BCUT2D eigenvalue weighted by molar-refractivity contribution is 5.27. The van der Waals surface area contributed by atoms with E-state index in [4.69, 9.17) is 5.73 Å². The second kappa shape index (κ2) is 16.0. The Balaban J connectivity index is 0.000000817. The molecule has 302 valence electrons. The van der Waals surface area contributed by atoms with Crippen LogP contribution in [0.25, 0.3) is 0 Å². The first-order valence-electron chi connectivity index (χ1n) is 24.1. The highest BCUT2D eigenvalue weighted by atomic mass is 14.8. The van der Waals surface area contributed by atoms with Crippen LogP contribution in [-0.4, -0.2) is 19.6 Å². The molecule has 8 aliphatic carbocycles. The van der Waals surface area contributed by atoms with Gasteiger partial charge in [-0.05, 0) is 216 Å². The van der Waals surface area contributed by atoms with Crippen LogP contribution in [0.3, 0.4) is 0 Å². The van der Waals surface area contributed by atoms with Crippen LogP contribution < -0.4 is 11.1 Å². The van der Waals surface area contributed by atoms with Crippen LogP contribution in [-0.2, 0) is 0 Å². The molecule has 0 amide bonds. The molecule has 0 aromatic carbocycles. The molecule has 2 heteroatoms. The van der Waals surface area contributed by atoms with Crippen molar-refractivity contribution < 1.29 is 0 Å². The number of fused-ring (bicyclic) bond motifs is 10. The lowest BCUT2D eigenvalue weighted by atomic mass is 9.46. The van der Waals surface area contributed by atoms with E-state index in [1.54, 1.807) is 5.57 Å². The average Bonchev–Trinajstić information content (AvgIpc) is 3.68. The van der Waals surface area contributed by atoms with Crippen LogP contribution in [0, 0.1) is 86.8 Å². The summed E-state index contributed by atoms with van der Waals surface area (Å²) >= 11 is 0. The maximum absolute atomic E-state index is 6.49. The largest absolute Gasteiger partial charge is 0.327 e. The lowest BCUT2D eigenvalue weighted by Gasteiger charge is -2.59. The molecule has 0 heterocycles. The number of unbranched alkanes of at least 4 members (excludes halogenated alkanes) is 1. The maximum atomic E-state index is 6.49. The maximum Gasteiger partial charge on any atom is 0.00766 e. The fraction of sp³-hybridized carbons (Fsp3) is 0.922. The van der Waals surface area contributed by atoms with Crippen molar-refractivity contribution in [2.75, 3.05) is 13.6 Å².